The van der Waals surface area contributed by atoms with E-state index >= 15 is 0 Å². The predicted octanol–water partition coefficient (Wildman–Crippen LogP) is 4.47. The molecule has 0 aromatic heterocycles. The van der Waals surface area contributed by atoms with Crippen molar-refractivity contribution in [3.05, 3.63) is 76.4 Å². The van der Waals surface area contributed by atoms with Crippen LogP contribution >= 0.6 is 0 Å². The fourth-order valence-electron chi connectivity index (χ4n) is 4.25. The van der Waals surface area contributed by atoms with Crippen molar-refractivity contribution in [3.63, 3.8) is 0 Å². The van der Waals surface area contributed by atoms with Crippen molar-refractivity contribution in [3.8, 4) is 6.07 Å². The fraction of sp³-hybridized carbons (Fsp3) is 0.333. The summed E-state index contributed by atoms with van der Waals surface area (Å²) in [5.74, 6) is -0.366. The normalized spacial score (nSPS) is 17.1. The number of carbonyl (C=O) groups is 2. The first kappa shape index (κ1) is 22.5. The molecule has 33 heavy (non-hydrogen) atoms. The van der Waals surface area contributed by atoms with Crippen LogP contribution in [0.4, 0.5) is 0 Å². The maximum Gasteiger partial charge on any atom is 0.264 e. The van der Waals surface area contributed by atoms with Crippen LogP contribution in [0, 0.1) is 11.3 Å². The highest BCUT2D eigenvalue weighted by molar-refractivity contribution is 6.20. The lowest BCUT2D eigenvalue weighted by molar-refractivity contribution is -0.117. The SMILES string of the molecule is CC(C)(C)c1ccc(C(=O)NC2=N/C(=C(/C#N)C(=O)NC3CCCC3)c3ccccc32)cc1. The second-order valence-corrected chi connectivity index (χ2v) is 9.58. The number of benzene rings is 2. The third kappa shape index (κ3) is 4.73. The van der Waals surface area contributed by atoms with Crippen molar-refractivity contribution < 1.29 is 9.59 Å². The smallest absolute Gasteiger partial charge is 0.264 e. The summed E-state index contributed by atoms with van der Waals surface area (Å²) < 4.78 is 0. The zero-order chi connectivity index (χ0) is 23.6. The number of amides is 2. The number of rotatable bonds is 3. The number of hydrogen-bond acceptors (Lipinski definition) is 4. The monoisotopic (exact) mass is 440 g/mol. The minimum Gasteiger partial charge on any atom is -0.349 e. The van der Waals surface area contributed by atoms with Gasteiger partial charge >= 0.3 is 0 Å². The number of aliphatic imine (C=N–C) groups is 1. The molecule has 0 unspecified atom stereocenters. The highest BCUT2D eigenvalue weighted by Crippen LogP contribution is 2.31. The van der Waals surface area contributed by atoms with E-state index in [1.54, 1.807) is 12.1 Å². The highest BCUT2D eigenvalue weighted by Gasteiger charge is 2.28. The van der Waals surface area contributed by atoms with E-state index in [0.29, 0.717) is 28.2 Å². The zero-order valence-electron chi connectivity index (χ0n) is 19.2. The van der Waals surface area contributed by atoms with Gasteiger partial charge in [-0.15, -0.1) is 0 Å². The summed E-state index contributed by atoms with van der Waals surface area (Å²) in [5.41, 5.74) is 3.26. The van der Waals surface area contributed by atoms with Crippen LogP contribution in [0.2, 0.25) is 0 Å². The average Bonchev–Trinajstić information content (AvgIpc) is 3.42. The van der Waals surface area contributed by atoms with E-state index in [9.17, 15) is 14.9 Å². The number of carbonyl (C=O) groups excluding carboxylic acids is 2. The van der Waals surface area contributed by atoms with Crippen LogP contribution in [0.15, 0.2) is 59.1 Å². The molecule has 4 rings (SSSR count). The summed E-state index contributed by atoms with van der Waals surface area (Å²) in [6.07, 6.45) is 4.01. The van der Waals surface area contributed by atoms with E-state index < -0.39 is 5.91 Å². The van der Waals surface area contributed by atoms with Gasteiger partial charge < -0.3 is 10.6 Å². The van der Waals surface area contributed by atoms with Crippen molar-refractivity contribution in [1.82, 2.24) is 10.6 Å². The molecule has 6 heteroatoms. The molecule has 0 saturated heterocycles. The predicted molar refractivity (Wildman–Crippen MR) is 129 cm³/mol. The Morgan fingerprint density at radius 2 is 1.64 bits per heavy atom. The van der Waals surface area contributed by atoms with Crippen LogP contribution < -0.4 is 10.6 Å². The molecule has 0 atom stereocenters. The fourth-order valence-corrected chi connectivity index (χ4v) is 4.25. The van der Waals surface area contributed by atoms with Gasteiger partial charge in [-0.05, 0) is 36.0 Å². The van der Waals surface area contributed by atoms with E-state index in [4.69, 9.17) is 0 Å². The van der Waals surface area contributed by atoms with Gasteiger partial charge in [0.15, 0.2) is 0 Å². The Balaban J connectivity index is 1.62. The largest absolute Gasteiger partial charge is 0.349 e. The summed E-state index contributed by atoms with van der Waals surface area (Å²) in [7, 11) is 0. The van der Waals surface area contributed by atoms with Crippen molar-refractivity contribution in [2.24, 2.45) is 4.99 Å². The molecule has 0 radical (unpaired) electrons. The molecule has 1 heterocycles. The van der Waals surface area contributed by atoms with Crippen LogP contribution in [-0.4, -0.2) is 23.7 Å². The third-order valence-electron chi connectivity index (χ3n) is 6.17. The van der Waals surface area contributed by atoms with Crippen molar-refractivity contribution in [2.45, 2.75) is 57.9 Å². The maximum atomic E-state index is 12.9. The molecule has 0 bridgehead atoms. The Labute approximate surface area is 194 Å². The number of nitrogens with one attached hydrogen (secondary N) is 2. The second-order valence-electron chi connectivity index (χ2n) is 9.58. The molecule has 1 saturated carbocycles. The molecule has 1 aliphatic heterocycles. The first-order valence-corrected chi connectivity index (χ1v) is 11.3. The van der Waals surface area contributed by atoms with Gasteiger partial charge in [0, 0.05) is 22.7 Å². The van der Waals surface area contributed by atoms with Crippen LogP contribution in [0.3, 0.4) is 0 Å². The standard InChI is InChI=1S/C27H28N4O2/c1-27(2,3)18-14-12-17(13-15-18)25(32)31-24-21-11-7-6-10-20(21)23(30-24)22(16-28)26(33)29-19-8-4-5-9-19/h6-7,10-15,19H,4-5,8-9H2,1-3H3,(H,29,33)(H,30,31,32)/b23-22-. The van der Waals surface area contributed by atoms with E-state index in [1.165, 1.54) is 0 Å². The topological polar surface area (TPSA) is 94.3 Å². The zero-order valence-corrected chi connectivity index (χ0v) is 19.2. The first-order chi connectivity index (χ1) is 15.8. The Morgan fingerprint density at radius 1 is 1.00 bits per heavy atom. The molecule has 6 nitrogen and oxygen atoms in total. The Bertz CT molecular complexity index is 1190. The molecule has 168 valence electrons. The molecule has 2 amide bonds. The van der Waals surface area contributed by atoms with Crippen molar-refractivity contribution in [2.75, 3.05) is 0 Å². The lowest BCUT2D eigenvalue weighted by Crippen LogP contribution is -2.33. The van der Waals surface area contributed by atoms with Gasteiger partial charge in [-0.3, -0.25) is 9.59 Å². The van der Waals surface area contributed by atoms with Gasteiger partial charge in [-0.2, -0.15) is 5.26 Å². The number of amidine groups is 1. The maximum absolute atomic E-state index is 12.9. The van der Waals surface area contributed by atoms with Gasteiger partial charge in [-0.1, -0.05) is 70.0 Å². The van der Waals surface area contributed by atoms with E-state index in [-0.39, 0.29) is 22.9 Å². The van der Waals surface area contributed by atoms with E-state index in [1.807, 2.05) is 42.5 Å². The third-order valence-corrected chi connectivity index (χ3v) is 6.17. The molecule has 2 aromatic carbocycles. The highest BCUT2D eigenvalue weighted by atomic mass is 16.2. The molecule has 1 fully saturated rings. The number of hydrogen-bond donors (Lipinski definition) is 2. The molecule has 1 aliphatic carbocycles. The second kappa shape index (κ2) is 9.03. The molecule has 2 aliphatic rings. The van der Waals surface area contributed by atoms with Crippen LogP contribution in [0.25, 0.3) is 5.70 Å². The summed E-state index contributed by atoms with van der Waals surface area (Å²) in [6, 6.07) is 16.9. The lowest BCUT2D eigenvalue weighted by Gasteiger charge is -2.19. The van der Waals surface area contributed by atoms with Gasteiger partial charge in [0.2, 0.25) is 0 Å². The average molecular weight is 441 g/mol. The summed E-state index contributed by atoms with van der Waals surface area (Å²) in [6.45, 7) is 6.36. The van der Waals surface area contributed by atoms with E-state index in [2.05, 4.69) is 36.4 Å². The molecular formula is C27H28N4O2. The minimum absolute atomic E-state index is 0.00402. The van der Waals surface area contributed by atoms with Gasteiger partial charge in [0.1, 0.15) is 17.5 Å². The summed E-state index contributed by atoms with van der Waals surface area (Å²) in [5, 5.41) is 15.6. The Morgan fingerprint density at radius 3 is 2.24 bits per heavy atom. The quantitative estimate of drug-likeness (QED) is 0.545. The molecular weight excluding hydrogens is 412 g/mol. The number of fused-ring (bicyclic) bond motifs is 1. The van der Waals surface area contributed by atoms with Gasteiger partial charge in [0.25, 0.3) is 11.8 Å². The lowest BCUT2D eigenvalue weighted by atomic mass is 9.87. The van der Waals surface area contributed by atoms with Gasteiger partial charge in [-0.25, -0.2) is 4.99 Å². The summed E-state index contributed by atoms with van der Waals surface area (Å²) in [4.78, 5) is 30.3. The minimum atomic E-state index is -0.414. The van der Waals surface area contributed by atoms with Crippen LogP contribution in [0.5, 0.6) is 0 Å². The number of nitriles is 1. The van der Waals surface area contributed by atoms with Crippen LogP contribution in [0.1, 0.15) is 73.5 Å². The Hall–Kier alpha value is -3.72. The molecule has 0 spiro atoms. The number of nitrogens with zero attached hydrogens (tertiary/aromatic N) is 2. The Kier molecular flexibility index (Phi) is 6.15. The van der Waals surface area contributed by atoms with Crippen LogP contribution in [-0.2, 0) is 10.2 Å². The first-order valence-electron chi connectivity index (χ1n) is 11.3. The van der Waals surface area contributed by atoms with Crippen molar-refractivity contribution in [1.29, 1.82) is 5.26 Å². The van der Waals surface area contributed by atoms with Gasteiger partial charge in [0.05, 0.1) is 5.70 Å². The van der Waals surface area contributed by atoms with E-state index in [0.717, 1.165) is 31.2 Å². The molecule has 2 N–H and O–H groups in total. The van der Waals surface area contributed by atoms with Crippen molar-refractivity contribution >= 4 is 23.3 Å². The molecule has 2 aromatic rings. The summed E-state index contributed by atoms with van der Waals surface area (Å²) >= 11 is 0.